The van der Waals surface area contributed by atoms with Crippen LogP contribution in [0.1, 0.15) is 6.92 Å². The molecule has 0 amide bonds. The van der Waals surface area contributed by atoms with Crippen molar-refractivity contribution in [3.05, 3.63) is 85.6 Å². The van der Waals surface area contributed by atoms with Gasteiger partial charge in [-0.1, -0.05) is 74.4 Å². The van der Waals surface area contributed by atoms with Crippen LogP contribution >= 0.6 is 0 Å². The standard InChI is InChI=1S/C15H18/c1-5-9-11-13-15(8-4)14(7-3)12-10-6-2/h5-13H,1-2,4H2,3H3/b11-9-,12-10-,14-7+,15-13+. The fourth-order valence-corrected chi connectivity index (χ4v) is 1.05. The van der Waals surface area contributed by atoms with Crippen molar-refractivity contribution in [2.24, 2.45) is 0 Å². The van der Waals surface area contributed by atoms with E-state index in [1.165, 1.54) is 0 Å². The molecule has 0 aromatic rings. The van der Waals surface area contributed by atoms with Crippen molar-refractivity contribution in [2.75, 3.05) is 0 Å². The topological polar surface area (TPSA) is 0 Å². The van der Waals surface area contributed by atoms with E-state index >= 15 is 0 Å². The van der Waals surface area contributed by atoms with Gasteiger partial charge in [0.1, 0.15) is 0 Å². The second-order valence-electron chi connectivity index (χ2n) is 2.79. The summed E-state index contributed by atoms with van der Waals surface area (Å²) < 4.78 is 0. The van der Waals surface area contributed by atoms with Gasteiger partial charge in [0, 0.05) is 0 Å². The third kappa shape index (κ3) is 5.48. The number of hydrogen-bond acceptors (Lipinski definition) is 0. The highest BCUT2D eigenvalue weighted by atomic mass is 14.0. The minimum Gasteiger partial charge on any atom is -0.0991 e. The van der Waals surface area contributed by atoms with Gasteiger partial charge in [0.2, 0.25) is 0 Å². The second kappa shape index (κ2) is 8.76. The highest BCUT2D eigenvalue weighted by molar-refractivity contribution is 5.47. The third-order valence-corrected chi connectivity index (χ3v) is 1.80. The molecule has 0 aliphatic carbocycles. The van der Waals surface area contributed by atoms with Crippen LogP contribution in [0.3, 0.4) is 0 Å². The SMILES string of the molecule is C=C\C=C/C=C(C=C)/C(/C=C\C=C)=C/C. The summed E-state index contributed by atoms with van der Waals surface area (Å²) in [5.41, 5.74) is 2.20. The van der Waals surface area contributed by atoms with Gasteiger partial charge in [-0.05, 0) is 18.1 Å². The fraction of sp³-hybridized carbons (Fsp3) is 0.0667. The molecule has 0 saturated carbocycles. The van der Waals surface area contributed by atoms with Gasteiger partial charge >= 0.3 is 0 Å². The maximum atomic E-state index is 3.79. The molecule has 0 heteroatoms. The van der Waals surface area contributed by atoms with Crippen molar-refractivity contribution in [3.63, 3.8) is 0 Å². The van der Waals surface area contributed by atoms with E-state index in [4.69, 9.17) is 0 Å². The van der Waals surface area contributed by atoms with Gasteiger partial charge in [-0.15, -0.1) is 0 Å². The molecule has 15 heavy (non-hydrogen) atoms. The summed E-state index contributed by atoms with van der Waals surface area (Å²) in [5.74, 6) is 0. The highest BCUT2D eigenvalue weighted by Crippen LogP contribution is 2.12. The van der Waals surface area contributed by atoms with Crippen molar-refractivity contribution < 1.29 is 0 Å². The molecule has 0 aliphatic rings. The van der Waals surface area contributed by atoms with Crippen LogP contribution in [-0.4, -0.2) is 0 Å². The third-order valence-electron chi connectivity index (χ3n) is 1.80. The fourth-order valence-electron chi connectivity index (χ4n) is 1.05. The van der Waals surface area contributed by atoms with Crippen molar-refractivity contribution in [3.8, 4) is 0 Å². The Morgan fingerprint density at radius 2 is 1.53 bits per heavy atom. The van der Waals surface area contributed by atoms with Crippen molar-refractivity contribution in [1.29, 1.82) is 0 Å². The smallest absolute Gasteiger partial charge is 0.0193 e. The summed E-state index contributed by atoms with van der Waals surface area (Å²) in [7, 11) is 0. The van der Waals surface area contributed by atoms with Gasteiger partial charge in [-0.3, -0.25) is 0 Å². The molecule has 0 bridgehead atoms. The Hall–Kier alpha value is -1.82. The van der Waals surface area contributed by atoms with Crippen LogP contribution in [0.15, 0.2) is 85.6 Å². The van der Waals surface area contributed by atoms with E-state index in [2.05, 4.69) is 19.7 Å². The molecule has 0 N–H and O–H groups in total. The molecule has 0 rings (SSSR count). The lowest BCUT2D eigenvalue weighted by Crippen LogP contribution is -1.81. The number of allylic oxidation sites excluding steroid dienone is 11. The maximum absolute atomic E-state index is 3.79. The molecular weight excluding hydrogens is 180 g/mol. The maximum Gasteiger partial charge on any atom is -0.0193 e. The molecule has 0 aliphatic heterocycles. The summed E-state index contributed by atoms with van der Waals surface area (Å²) in [6, 6.07) is 0. The van der Waals surface area contributed by atoms with E-state index in [0.29, 0.717) is 0 Å². The first kappa shape index (κ1) is 13.2. The summed E-state index contributed by atoms with van der Waals surface area (Å²) in [6.07, 6.45) is 17.1. The van der Waals surface area contributed by atoms with Gasteiger partial charge in [0.25, 0.3) is 0 Å². The lowest BCUT2D eigenvalue weighted by Gasteiger charge is -2.00. The van der Waals surface area contributed by atoms with Gasteiger partial charge in [-0.2, -0.15) is 0 Å². The molecule has 0 unspecified atom stereocenters. The molecule has 0 radical (unpaired) electrons. The Bertz CT molecular complexity index is 333. The second-order valence-corrected chi connectivity index (χ2v) is 2.79. The predicted octanol–water partition coefficient (Wildman–Crippen LogP) is 4.53. The zero-order valence-electron chi connectivity index (χ0n) is 9.32. The van der Waals surface area contributed by atoms with Crippen molar-refractivity contribution in [1.82, 2.24) is 0 Å². The van der Waals surface area contributed by atoms with E-state index in [1.54, 1.807) is 12.2 Å². The minimum atomic E-state index is 1.08. The van der Waals surface area contributed by atoms with E-state index < -0.39 is 0 Å². The van der Waals surface area contributed by atoms with Crippen LogP contribution in [0.25, 0.3) is 0 Å². The van der Waals surface area contributed by atoms with E-state index in [1.807, 2.05) is 49.5 Å². The molecule has 0 aromatic heterocycles. The Balaban J connectivity index is 4.92. The molecule has 0 spiro atoms. The summed E-state index contributed by atoms with van der Waals surface area (Å²) in [4.78, 5) is 0. The Labute approximate surface area is 93.0 Å². The van der Waals surface area contributed by atoms with E-state index in [-0.39, 0.29) is 0 Å². The quantitative estimate of drug-likeness (QED) is 0.550. The molecule has 0 atom stereocenters. The van der Waals surface area contributed by atoms with Crippen LogP contribution in [0, 0.1) is 0 Å². The molecule has 0 nitrogen and oxygen atoms in total. The van der Waals surface area contributed by atoms with Crippen molar-refractivity contribution >= 4 is 0 Å². The predicted molar refractivity (Wildman–Crippen MR) is 70.7 cm³/mol. The average molecular weight is 198 g/mol. The molecule has 0 aromatic carbocycles. The molecule has 0 heterocycles. The average Bonchev–Trinajstić information content (AvgIpc) is 2.27. The van der Waals surface area contributed by atoms with Gasteiger partial charge in [0.05, 0.1) is 0 Å². The molecular formula is C15H18. The molecule has 0 saturated heterocycles. The van der Waals surface area contributed by atoms with Crippen molar-refractivity contribution in [2.45, 2.75) is 6.92 Å². The van der Waals surface area contributed by atoms with E-state index in [0.717, 1.165) is 11.1 Å². The van der Waals surface area contributed by atoms with Gasteiger partial charge < -0.3 is 0 Å². The van der Waals surface area contributed by atoms with Gasteiger partial charge in [0.15, 0.2) is 0 Å². The first-order valence-corrected chi connectivity index (χ1v) is 4.87. The zero-order chi connectivity index (χ0) is 11.5. The first-order valence-electron chi connectivity index (χ1n) is 4.87. The zero-order valence-corrected chi connectivity index (χ0v) is 9.32. The number of hydrogen-bond donors (Lipinski definition) is 0. The molecule has 78 valence electrons. The summed E-state index contributed by atoms with van der Waals surface area (Å²) in [5, 5.41) is 0. The van der Waals surface area contributed by atoms with E-state index in [9.17, 15) is 0 Å². The molecule has 0 fully saturated rings. The largest absolute Gasteiger partial charge is 0.0991 e. The van der Waals surface area contributed by atoms with Crippen LogP contribution < -0.4 is 0 Å². The first-order chi connectivity index (χ1) is 7.29. The Morgan fingerprint density at radius 1 is 0.867 bits per heavy atom. The highest BCUT2D eigenvalue weighted by Gasteiger charge is 1.93. The lowest BCUT2D eigenvalue weighted by atomic mass is 10.0. The Kier molecular flexibility index (Phi) is 7.70. The summed E-state index contributed by atoms with van der Waals surface area (Å²) >= 11 is 0. The number of rotatable bonds is 6. The van der Waals surface area contributed by atoms with Crippen LogP contribution in [0.2, 0.25) is 0 Å². The van der Waals surface area contributed by atoms with Crippen LogP contribution in [0.4, 0.5) is 0 Å². The van der Waals surface area contributed by atoms with Crippen LogP contribution in [0.5, 0.6) is 0 Å². The lowest BCUT2D eigenvalue weighted by molar-refractivity contribution is 1.50. The summed E-state index contributed by atoms with van der Waals surface area (Å²) in [6.45, 7) is 13.0. The normalized spacial score (nSPS) is 13.4. The minimum absolute atomic E-state index is 1.08. The Morgan fingerprint density at radius 3 is 2.00 bits per heavy atom. The van der Waals surface area contributed by atoms with Gasteiger partial charge in [-0.25, -0.2) is 0 Å². The van der Waals surface area contributed by atoms with Crippen LogP contribution in [-0.2, 0) is 0 Å². The monoisotopic (exact) mass is 198 g/mol.